The van der Waals surface area contributed by atoms with Gasteiger partial charge in [-0.25, -0.2) is 0 Å². The highest BCUT2D eigenvalue weighted by atomic mass is 15.2. The Balaban J connectivity index is 1.99. The number of rotatable bonds is 3. The topological polar surface area (TPSA) is 42.3 Å². The average molecular weight is 264 g/mol. The maximum atomic E-state index is 9.45. The second-order valence-corrected chi connectivity index (χ2v) is 6.42. The second kappa shape index (κ2) is 6.21. The van der Waals surface area contributed by atoms with E-state index in [-0.39, 0.29) is 5.54 Å². The zero-order valence-corrected chi connectivity index (χ0v) is 12.7. The predicted octanol–water partition coefficient (Wildman–Crippen LogP) is 1.44. The first-order chi connectivity index (χ1) is 9.10. The molecule has 19 heavy (non-hydrogen) atoms. The van der Waals surface area contributed by atoms with Gasteiger partial charge in [-0.15, -0.1) is 0 Å². The lowest BCUT2D eigenvalue weighted by molar-refractivity contribution is 0.0661. The summed E-state index contributed by atoms with van der Waals surface area (Å²) < 4.78 is 0. The van der Waals surface area contributed by atoms with E-state index in [0.717, 1.165) is 19.3 Å². The van der Waals surface area contributed by atoms with Crippen LogP contribution in [0.4, 0.5) is 0 Å². The molecule has 2 aliphatic rings. The molecule has 1 aliphatic carbocycles. The van der Waals surface area contributed by atoms with E-state index in [2.05, 4.69) is 35.3 Å². The van der Waals surface area contributed by atoms with E-state index in [1.54, 1.807) is 0 Å². The number of hydrogen-bond donors (Lipinski definition) is 1. The van der Waals surface area contributed by atoms with E-state index in [0.29, 0.717) is 12.1 Å². The molecule has 0 radical (unpaired) electrons. The summed E-state index contributed by atoms with van der Waals surface area (Å²) in [5.74, 6) is 0. The van der Waals surface area contributed by atoms with Crippen molar-refractivity contribution in [2.75, 3.05) is 34.2 Å². The lowest BCUT2D eigenvalue weighted by Gasteiger charge is -2.45. The minimum absolute atomic E-state index is 0.294. The van der Waals surface area contributed by atoms with Gasteiger partial charge in [-0.1, -0.05) is 0 Å². The van der Waals surface area contributed by atoms with Crippen LogP contribution in [0.2, 0.25) is 0 Å². The van der Waals surface area contributed by atoms with Crippen molar-refractivity contribution in [2.45, 2.75) is 56.1 Å². The molecule has 1 saturated carbocycles. The second-order valence-electron chi connectivity index (χ2n) is 6.42. The maximum Gasteiger partial charge on any atom is 0.108 e. The van der Waals surface area contributed by atoms with Crippen molar-refractivity contribution in [3.63, 3.8) is 0 Å². The Hall–Kier alpha value is -0.630. The number of likely N-dealkylation sites (tertiary alicyclic amines) is 1. The fraction of sp³-hybridized carbons (Fsp3) is 0.933. The minimum Gasteiger partial charge on any atom is -0.305 e. The van der Waals surface area contributed by atoms with Crippen molar-refractivity contribution in [3.05, 3.63) is 0 Å². The average Bonchev–Trinajstić information content (AvgIpc) is 2.46. The first kappa shape index (κ1) is 14.8. The van der Waals surface area contributed by atoms with Crippen molar-refractivity contribution in [1.82, 2.24) is 15.1 Å². The van der Waals surface area contributed by atoms with E-state index in [4.69, 9.17) is 0 Å². The van der Waals surface area contributed by atoms with E-state index in [1.807, 2.05) is 7.05 Å². The smallest absolute Gasteiger partial charge is 0.108 e. The molecular formula is C15H28N4. The molecule has 3 unspecified atom stereocenters. The Labute approximate surface area is 117 Å². The zero-order valence-electron chi connectivity index (χ0n) is 12.7. The summed E-state index contributed by atoms with van der Waals surface area (Å²) in [6.45, 7) is 2.40. The Morgan fingerprint density at radius 3 is 2.68 bits per heavy atom. The third-order valence-electron chi connectivity index (χ3n) is 5.17. The van der Waals surface area contributed by atoms with Gasteiger partial charge in [-0.3, -0.25) is 4.90 Å². The number of nitrogens with zero attached hydrogens (tertiary/aromatic N) is 3. The van der Waals surface area contributed by atoms with E-state index < -0.39 is 0 Å². The molecule has 0 aromatic carbocycles. The van der Waals surface area contributed by atoms with Crippen LogP contribution in [0.15, 0.2) is 0 Å². The van der Waals surface area contributed by atoms with Gasteiger partial charge in [0, 0.05) is 18.6 Å². The summed E-state index contributed by atoms with van der Waals surface area (Å²) in [5, 5.41) is 12.7. The van der Waals surface area contributed by atoms with Gasteiger partial charge in [0.05, 0.1) is 6.07 Å². The highest BCUT2D eigenvalue weighted by Gasteiger charge is 2.38. The van der Waals surface area contributed by atoms with Crippen LogP contribution >= 0.6 is 0 Å². The summed E-state index contributed by atoms with van der Waals surface area (Å²) in [4.78, 5) is 4.99. The van der Waals surface area contributed by atoms with Gasteiger partial charge in [0.25, 0.3) is 0 Å². The molecule has 4 nitrogen and oxygen atoms in total. The Morgan fingerprint density at radius 1 is 1.32 bits per heavy atom. The summed E-state index contributed by atoms with van der Waals surface area (Å²) >= 11 is 0. The third kappa shape index (κ3) is 3.28. The van der Waals surface area contributed by atoms with E-state index in [1.165, 1.54) is 32.4 Å². The first-order valence-corrected chi connectivity index (χ1v) is 7.61. The molecule has 3 atom stereocenters. The fourth-order valence-corrected chi connectivity index (χ4v) is 3.75. The summed E-state index contributed by atoms with van der Waals surface area (Å²) in [6, 6.07) is 3.73. The van der Waals surface area contributed by atoms with Gasteiger partial charge in [-0.2, -0.15) is 5.26 Å². The molecule has 0 spiro atoms. The van der Waals surface area contributed by atoms with Crippen LogP contribution in [0.25, 0.3) is 0 Å². The van der Waals surface area contributed by atoms with Gasteiger partial charge in [0.15, 0.2) is 0 Å². The summed E-state index contributed by atoms with van der Waals surface area (Å²) in [7, 11) is 6.41. The highest BCUT2D eigenvalue weighted by molar-refractivity contribution is 5.10. The van der Waals surface area contributed by atoms with Gasteiger partial charge < -0.3 is 10.2 Å². The SMILES string of the molecule is CNC1(C#N)CCCC(N(C)C2CCCN(C)C2)C1. The lowest BCUT2D eigenvalue weighted by Crippen LogP contribution is -2.55. The van der Waals surface area contributed by atoms with Crippen LogP contribution < -0.4 is 5.32 Å². The largest absolute Gasteiger partial charge is 0.305 e. The molecule has 0 aromatic rings. The van der Waals surface area contributed by atoms with Crippen molar-refractivity contribution in [3.8, 4) is 6.07 Å². The predicted molar refractivity (Wildman–Crippen MR) is 77.9 cm³/mol. The number of nitrogens with one attached hydrogen (secondary N) is 1. The van der Waals surface area contributed by atoms with Crippen molar-refractivity contribution >= 4 is 0 Å². The van der Waals surface area contributed by atoms with Crippen LogP contribution in [0.3, 0.4) is 0 Å². The molecule has 4 heteroatoms. The minimum atomic E-state index is -0.294. The monoisotopic (exact) mass is 264 g/mol. The molecule has 1 aliphatic heterocycles. The molecule has 1 saturated heterocycles. The highest BCUT2D eigenvalue weighted by Crippen LogP contribution is 2.32. The van der Waals surface area contributed by atoms with E-state index >= 15 is 0 Å². The van der Waals surface area contributed by atoms with Crippen LogP contribution in [0.1, 0.15) is 38.5 Å². The van der Waals surface area contributed by atoms with Crippen LogP contribution in [-0.4, -0.2) is 61.7 Å². The maximum absolute atomic E-state index is 9.45. The first-order valence-electron chi connectivity index (χ1n) is 7.61. The van der Waals surface area contributed by atoms with Crippen molar-refractivity contribution in [1.29, 1.82) is 5.26 Å². The molecule has 1 N–H and O–H groups in total. The van der Waals surface area contributed by atoms with Crippen molar-refractivity contribution in [2.24, 2.45) is 0 Å². The number of piperidine rings is 1. The van der Waals surface area contributed by atoms with Crippen LogP contribution in [-0.2, 0) is 0 Å². The number of hydrogen-bond acceptors (Lipinski definition) is 4. The van der Waals surface area contributed by atoms with Gasteiger partial charge >= 0.3 is 0 Å². The van der Waals surface area contributed by atoms with Gasteiger partial charge in [0.1, 0.15) is 5.54 Å². The fourth-order valence-electron chi connectivity index (χ4n) is 3.75. The summed E-state index contributed by atoms with van der Waals surface area (Å²) in [5.41, 5.74) is -0.294. The standard InChI is InChI=1S/C15H28N4/c1-17-15(12-16)8-4-6-13(10-15)19(3)14-7-5-9-18(2)11-14/h13-14,17H,4-11H2,1-3H3. The van der Waals surface area contributed by atoms with E-state index in [9.17, 15) is 5.26 Å². The Kier molecular flexibility index (Phi) is 4.83. The number of likely N-dealkylation sites (N-methyl/N-ethyl adjacent to an activating group) is 2. The quantitative estimate of drug-likeness (QED) is 0.837. The molecule has 2 rings (SSSR count). The van der Waals surface area contributed by atoms with Crippen LogP contribution in [0, 0.1) is 11.3 Å². The van der Waals surface area contributed by atoms with Gasteiger partial charge in [-0.05, 0) is 66.2 Å². The molecular weight excluding hydrogens is 236 g/mol. The van der Waals surface area contributed by atoms with Gasteiger partial charge in [0.2, 0.25) is 0 Å². The normalized spacial score (nSPS) is 37.2. The molecule has 0 aromatic heterocycles. The lowest BCUT2D eigenvalue weighted by atomic mass is 9.79. The third-order valence-corrected chi connectivity index (χ3v) is 5.17. The Bertz CT molecular complexity index is 338. The molecule has 108 valence electrons. The molecule has 0 amide bonds. The van der Waals surface area contributed by atoms with Crippen molar-refractivity contribution < 1.29 is 0 Å². The summed E-state index contributed by atoms with van der Waals surface area (Å²) in [6.07, 6.45) is 6.96. The molecule has 2 fully saturated rings. The Morgan fingerprint density at radius 2 is 2.05 bits per heavy atom. The number of nitriles is 1. The molecule has 0 bridgehead atoms. The van der Waals surface area contributed by atoms with Crippen LogP contribution in [0.5, 0.6) is 0 Å². The zero-order chi connectivity index (χ0) is 13.9. The molecule has 1 heterocycles.